The number of esters is 1. The molecule has 0 radical (unpaired) electrons. The number of aromatic nitrogens is 1. The number of hydrogen-bond acceptors (Lipinski definition) is 6. The van der Waals surface area contributed by atoms with Crippen molar-refractivity contribution in [1.29, 1.82) is 0 Å². The van der Waals surface area contributed by atoms with Crippen molar-refractivity contribution in [3.63, 3.8) is 0 Å². The fourth-order valence-electron chi connectivity index (χ4n) is 6.91. The summed E-state index contributed by atoms with van der Waals surface area (Å²) >= 11 is 0. The van der Waals surface area contributed by atoms with Crippen molar-refractivity contribution in [2.45, 2.75) is 76.5 Å². The summed E-state index contributed by atoms with van der Waals surface area (Å²) in [7, 11) is 0. The van der Waals surface area contributed by atoms with Crippen LogP contribution in [0.15, 0.2) is 36.5 Å². The van der Waals surface area contributed by atoms with Crippen LogP contribution in [0.1, 0.15) is 63.2 Å². The predicted octanol–water partition coefficient (Wildman–Crippen LogP) is 5.06. The number of para-hydroxylation sites is 1. The highest BCUT2D eigenvalue weighted by atomic mass is 17.2. The summed E-state index contributed by atoms with van der Waals surface area (Å²) in [4.78, 5) is 29.8. The summed E-state index contributed by atoms with van der Waals surface area (Å²) in [6.45, 7) is 6.57. The molecule has 2 aliphatic carbocycles. The first-order chi connectivity index (χ1) is 15.4. The molecule has 3 saturated heterocycles. The minimum absolute atomic E-state index is 0.0182. The van der Waals surface area contributed by atoms with Gasteiger partial charge in [0.15, 0.2) is 0 Å². The number of nitrogens with zero attached hydrogens (tertiary/aromatic N) is 1. The molecule has 4 heterocycles. The lowest BCUT2D eigenvalue weighted by atomic mass is 9.56. The van der Waals surface area contributed by atoms with Crippen LogP contribution in [-0.2, 0) is 19.2 Å². The van der Waals surface area contributed by atoms with Crippen molar-refractivity contribution >= 4 is 16.9 Å². The van der Waals surface area contributed by atoms with Gasteiger partial charge in [-0.1, -0.05) is 32.0 Å². The molecule has 5 aliphatic rings. The standard InChI is InChI=1S/C26H31NO5/c1-15-8-9-20-16(2)24(29-22-13-25(3)11-10-19(15)26(20,22)32-31-25)30-23(28)18-12-17-6-4-5-7-21(17)27-14-18/h4-7,12,14-16,19-20,22,24H,8-11,13H2,1-3H3/t15-,16?,19?,20?,22?,24?,25+,26-/m1/s1. The summed E-state index contributed by atoms with van der Waals surface area (Å²) in [5, 5.41) is 0.919. The summed E-state index contributed by atoms with van der Waals surface area (Å²) in [5.74, 6) is 0.831. The van der Waals surface area contributed by atoms with E-state index in [-0.39, 0.29) is 29.5 Å². The van der Waals surface area contributed by atoms with Gasteiger partial charge in [0, 0.05) is 29.8 Å². The lowest BCUT2D eigenvalue weighted by Crippen LogP contribution is -2.69. The van der Waals surface area contributed by atoms with Gasteiger partial charge < -0.3 is 9.47 Å². The third-order valence-electron chi connectivity index (χ3n) is 8.68. The number of pyridine rings is 1. The van der Waals surface area contributed by atoms with E-state index >= 15 is 0 Å². The second-order valence-electron chi connectivity index (χ2n) is 10.7. The topological polar surface area (TPSA) is 66.9 Å². The molecular weight excluding hydrogens is 406 g/mol. The Balaban J connectivity index is 1.29. The molecule has 2 saturated carbocycles. The number of carbonyl (C=O) groups is 1. The number of hydrogen-bond donors (Lipinski definition) is 0. The predicted molar refractivity (Wildman–Crippen MR) is 118 cm³/mol. The van der Waals surface area contributed by atoms with Gasteiger partial charge in [-0.25, -0.2) is 14.6 Å². The van der Waals surface area contributed by atoms with E-state index in [0.29, 0.717) is 17.4 Å². The van der Waals surface area contributed by atoms with Crippen LogP contribution in [0.3, 0.4) is 0 Å². The molecule has 1 aromatic carbocycles. The summed E-state index contributed by atoms with van der Waals surface area (Å²) in [6, 6.07) is 9.59. The van der Waals surface area contributed by atoms with Crippen LogP contribution in [0.5, 0.6) is 0 Å². The highest BCUT2D eigenvalue weighted by Crippen LogP contribution is 2.61. The molecule has 3 aliphatic heterocycles. The van der Waals surface area contributed by atoms with Crippen molar-refractivity contribution in [3.8, 4) is 0 Å². The highest BCUT2D eigenvalue weighted by molar-refractivity contribution is 5.93. The SMILES string of the molecule is CC1C(OC(=O)c2cnc3ccccc3c2)OC2C[C@]3(C)CCC4[C@H](C)CCC1[C@@]24OO3. The zero-order valence-electron chi connectivity index (χ0n) is 19.0. The van der Waals surface area contributed by atoms with Gasteiger partial charge in [0.25, 0.3) is 0 Å². The van der Waals surface area contributed by atoms with E-state index in [1.807, 2.05) is 30.3 Å². The average Bonchev–Trinajstić information content (AvgIpc) is 3.03. The van der Waals surface area contributed by atoms with Gasteiger partial charge in [0.2, 0.25) is 6.29 Å². The third-order valence-corrected chi connectivity index (χ3v) is 8.68. The molecule has 5 unspecified atom stereocenters. The number of benzene rings is 1. The Bertz CT molecular complexity index is 1060. The summed E-state index contributed by atoms with van der Waals surface area (Å²) in [5.41, 5.74) is 0.509. The van der Waals surface area contributed by atoms with Gasteiger partial charge in [-0.05, 0) is 56.6 Å². The van der Waals surface area contributed by atoms with Crippen LogP contribution in [0.2, 0.25) is 0 Å². The lowest BCUT2D eigenvalue weighted by molar-refractivity contribution is -0.494. The monoisotopic (exact) mass is 437 g/mol. The van der Waals surface area contributed by atoms with Gasteiger partial charge in [-0.15, -0.1) is 0 Å². The van der Waals surface area contributed by atoms with E-state index in [1.165, 1.54) is 0 Å². The van der Waals surface area contributed by atoms with Crippen LogP contribution in [0.4, 0.5) is 0 Å². The van der Waals surface area contributed by atoms with Crippen LogP contribution in [-0.4, -0.2) is 34.5 Å². The van der Waals surface area contributed by atoms with E-state index in [1.54, 1.807) is 6.20 Å². The first-order valence-electron chi connectivity index (χ1n) is 12.0. The smallest absolute Gasteiger partial charge is 0.342 e. The van der Waals surface area contributed by atoms with E-state index in [4.69, 9.17) is 19.2 Å². The maximum Gasteiger partial charge on any atom is 0.342 e. The maximum absolute atomic E-state index is 13.1. The highest BCUT2D eigenvalue weighted by Gasteiger charge is 2.68. The fourth-order valence-corrected chi connectivity index (χ4v) is 6.91. The van der Waals surface area contributed by atoms with Crippen molar-refractivity contribution in [2.75, 3.05) is 0 Å². The van der Waals surface area contributed by atoms with Gasteiger partial charge >= 0.3 is 5.97 Å². The first kappa shape index (κ1) is 20.6. The molecule has 0 amide bonds. The molecule has 2 aromatic rings. The Morgan fingerprint density at radius 1 is 1.12 bits per heavy atom. The lowest BCUT2D eigenvalue weighted by Gasteiger charge is -2.60. The normalized spacial score (nSPS) is 42.8. The van der Waals surface area contributed by atoms with E-state index in [9.17, 15) is 4.79 Å². The molecule has 1 spiro atoms. The summed E-state index contributed by atoms with van der Waals surface area (Å²) in [6.07, 6.45) is 5.87. The van der Waals surface area contributed by atoms with Crippen molar-refractivity contribution in [2.24, 2.45) is 23.7 Å². The zero-order chi connectivity index (χ0) is 22.1. The molecule has 5 fully saturated rings. The minimum atomic E-state index is -0.602. The number of rotatable bonds is 2. The fraction of sp³-hybridized carbons (Fsp3) is 0.615. The molecule has 6 heteroatoms. The Hall–Kier alpha value is -2.02. The molecule has 32 heavy (non-hydrogen) atoms. The van der Waals surface area contributed by atoms with E-state index in [2.05, 4.69) is 25.8 Å². The molecule has 7 rings (SSSR count). The Morgan fingerprint density at radius 3 is 2.84 bits per heavy atom. The molecule has 1 aromatic heterocycles. The van der Waals surface area contributed by atoms with Crippen molar-refractivity contribution in [3.05, 3.63) is 42.1 Å². The van der Waals surface area contributed by atoms with Gasteiger partial charge in [-0.3, -0.25) is 4.98 Å². The number of fused-ring (bicyclic) bond motifs is 3. The van der Waals surface area contributed by atoms with Crippen LogP contribution in [0.25, 0.3) is 10.9 Å². The summed E-state index contributed by atoms with van der Waals surface area (Å²) < 4.78 is 12.6. The van der Waals surface area contributed by atoms with E-state index in [0.717, 1.165) is 43.0 Å². The maximum atomic E-state index is 13.1. The molecule has 8 atom stereocenters. The van der Waals surface area contributed by atoms with Gasteiger partial charge in [-0.2, -0.15) is 0 Å². The quantitative estimate of drug-likeness (QED) is 0.483. The molecule has 6 nitrogen and oxygen atoms in total. The largest absolute Gasteiger partial charge is 0.432 e. The van der Waals surface area contributed by atoms with Crippen LogP contribution in [0, 0.1) is 23.7 Å². The Morgan fingerprint density at radius 2 is 1.97 bits per heavy atom. The van der Waals surface area contributed by atoms with Gasteiger partial charge in [0.05, 0.1) is 17.2 Å². The Labute approximate surface area is 188 Å². The minimum Gasteiger partial charge on any atom is -0.432 e. The first-order valence-corrected chi connectivity index (χ1v) is 12.0. The third kappa shape index (κ3) is 2.96. The number of ether oxygens (including phenoxy) is 2. The van der Waals surface area contributed by atoms with Crippen LogP contribution < -0.4 is 0 Å². The second kappa shape index (κ2) is 7.24. The Kier molecular flexibility index (Phi) is 4.66. The molecular formula is C26H31NO5. The zero-order valence-corrected chi connectivity index (χ0v) is 19.0. The van der Waals surface area contributed by atoms with E-state index < -0.39 is 11.9 Å². The molecule has 0 N–H and O–H groups in total. The van der Waals surface area contributed by atoms with Crippen molar-refractivity contribution in [1.82, 2.24) is 4.98 Å². The average molecular weight is 438 g/mol. The second-order valence-corrected chi connectivity index (χ2v) is 10.7. The van der Waals surface area contributed by atoms with Crippen LogP contribution >= 0.6 is 0 Å². The number of carbonyl (C=O) groups excluding carboxylic acids is 1. The van der Waals surface area contributed by atoms with Crippen molar-refractivity contribution < 1.29 is 24.0 Å². The molecule has 170 valence electrons. The molecule has 2 bridgehead atoms. The van der Waals surface area contributed by atoms with Gasteiger partial charge in [0.1, 0.15) is 11.2 Å².